The third-order valence-electron chi connectivity index (χ3n) is 2.59. The fourth-order valence-corrected chi connectivity index (χ4v) is 1.53. The molecule has 88 valence electrons. The van der Waals surface area contributed by atoms with Crippen LogP contribution in [-0.2, 0) is 0 Å². The smallest absolute Gasteiger partial charge is 0.224 e. The van der Waals surface area contributed by atoms with Gasteiger partial charge >= 0.3 is 0 Å². The maximum atomic E-state index is 4.39. The van der Waals surface area contributed by atoms with Crippen molar-refractivity contribution in [3.8, 4) is 0 Å². The number of hydrogen-bond donors (Lipinski definition) is 2. The predicted octanol–water partition coefficient (Wildman–Crippen LogP) is 2.88. The third-order valence-corrected chi connectivity index (χ3v) is 2.59. The molecule has 0 radical (unpaired) electrons. The second-order valence-corrected chi connectivity index (χ2v) is 3.92. The number of rotatable bonds is 3. The molecule has 0 bridgehead atoms. The molecule has 0 spiro atoms. The van der Waals surface area contributed by atoms with E-state index in [9.17, 15) is 0 Å². The maximum Gasteiger partial charge on any atom is 0.224 e. The van der Waals surface area contributed by atoms with Crippen LogP contribution in [0.25, 0.3) is 0 Å². The fraction of sp³-hybridized carbons (Fsp3) is 0.231. The second kappa shape index (κ2) is 4.82. The van der Waals surface area contributed by atoms with E-state index in [0.717, 1.165) is 17.1 Å². The number of aromatic nitrogens is 2. The minimum absolute atomic E-state index is 0.617. The SMILES string of the molecule is CNc1ncc(C)c(Nc2ccccc2C)n1. The van der Waals surface area contributed by atoms with Gasteiger partial charge in [-0.25, -0.2) is 4.98 Å². The lowest BCUT2D eigenvalue weighted by Crippen LogP contribution is -2.03. The van der Waals surface area contributed by atoms with Crippen LogP contribution in [0.5, 0.6) is 0 Å². The van der Waals surface area contributed by atoms with Crippen molar-refractivity contribution < 1.29 is 0 Å². The summed E-state index contributed by atoms with van der Waals surface area (Å²) < 4.78 is 0. The second-order valence-electron chi connectivity index (χ2n) is 3.92. The van der Waals surface area contributed by atoms with Gasteiger partial charge in [-0.3, -0.25) is 0 Å². The zero-order valence-electron chi connectivity index (χ0n) is 10.3. The molecule has 1 aromatic carbocycles. The summed E-state index contributed by atoms with van der Waals surface area (Å²) in [6.45, 7) is 4.05. The van der Waals surface area contributed by atoms with Gasteiger partial charge in [-0.2, -0.15) is 4.98 Å². The van der Waals surface area contributed by atoms with E-state index in [-0.39, 0.29) is 0 Å². The summed E-state index contributed by atoms with van der Waals surface area (Å²) in [5.74, 6) is 1.45. The number of nitrogens with zero attached hydrogens (tertiary/aromatic N) is 2. The molecule has 1 heterocycles. The molecule has 17 heavy (non-hydrogen) atoms. The van der Waals surface area contributed by atoms with Crippen LogP contribution in [0.15, 0.2) is 30.5 Å². The van der Waals surface area contributed by atoms with Crippen LogP contribution in [0.2, 0.25) is 0 Å². The maximum absolute atomic E-state index is 4.39. The number of nitrogens with one attached hydrogen (secondary N) is 2. The summed E-state index contributed by atoms with van der Waals surface area (Å²) in [5.41, 5.74) is 3.28. The van der Waals surface area contributed by atoms with Gasteiger partial charge in [-0.05, 0) is 25.5 Å². The molecular weight excluding hydrogens is 212 g/mol. The Morgan fingerprint density at radius 3 is 2.53 bits per heavy atom. The van der Waals surface area contributed by atoms with Gasteiger partial charge in [0.2, 0.25) is 5.95 Å². The topological polar surface area (TPSA) is 49.8 Å². The Labute approximate surface area is 101 Å². The van der Waals surface area contributed by atoms with Crippen molar-refractivity contribution in [2.75, 3.05) is 17.7 Å². The molecule has 0 saturated carbocycles. The molecular formula is C13H16N4. The normalized spacial score (nSPS) is 10.1. The fourth-order valence-electron chi connectivity index (χ4n) is 1.53. The molecule has 1 aromatic heterocycles. The molecule has 0 aliphatic carbocycles. The van der Waals surface area contributed by atoms with E-state index in [2.05, 4.69) is 33.6 Å². The Morgan fingerprint density at radius 2 is 1.82 bits per heavy atom. The summed E-state index contributed by atoms with van der Waals surface area (Å²) in [7, 11) is 1.81. The molecule has 0 unspecified atom stereocenters. The first kappa shape index (κ1) is 11.4. The molecule has 2 aromatic rings. The molecule has 0 saturated heterocycles. The van der Waals surface area contributed by atoms with Gasteiger partial charge < -0.3 is 10.6 Å². The average Bonchev–Trinajstić information content (AvgIpc) is 2.35. The van der Waals surface area contributed by atoms with Crippen molar-refractivity contribution >= 4 is 17.5 Å². The summed E-state index contributed by atoms with van der Waals surface area (Å²) in [6.07, 6.45) is 1.80. The highest BCUT2D eigenvalue weighted by atomic mass is 15.1. The molecule has 4 heteroatoms. The average molecular weight is 228 g/mol. The predicted molar refractivity (Wildman–Crippen MR) is 70.8 cm³/mol. The zero-order valence-corrected chi connectivity index (χ0v) is 10.3. The van der Waals surface area contributed by atoms with E-state index >= 15 is 0 Å². The molecule has 0 amide bonds. The Balaban J connectivity index is 2.32. The van der Waals surface area contributed by atoms with Crippen LogP contribution in [0.4, 0.5) is 17.5 Å². The Kier molecular flexibility index (Phi) is 3.23. The van der Waals surface area contributed by atoms with Crippen LogP contribution in [-0.4, -0.2) is 17.0 Å². The van der Waals surface area contributed by atoms with Crippen molar-refractivity contribution in [2.24, 2.45) is 0 Å². The number of aryl methyl sites for hydroxylation is 2. The first-order chi connectivity index (χ1) is 8.20. The van der Waals surface area contributed by atoms with Gasteiger partial charge in [0.1, 0.15) is 5.82 Å². The molecule has 2 N–H and O–H groups in total. The van der Waals surface area contributed by atoms with Crippen molar-refractivity contribution in [3.05, 3.63) is 41.6 Å². The number of benzene rings is 1. The molecule has 2 rings (SSSR count). The first-order valence-electron chi connectivity index (χ1n) is 5.55. The lowest BCUT2D eigenvalue weighted by atomic mass is 10.2. The Morgan fingerprint density at radius 1 is 1.06 bits per heavy atom. The highest BCUT2D eigenvalue weighted by Crippen LogP contribution is 2.21. The largest absolute Gasteiger partial charge is 0.357 e. The van der Waals surface area contributed by atoms with Crippen molar-refractivity contribution in [2.45, 2.75) is 13.8 Å². The van der Waals surface area contributed by atoms with Gasteiger partial charge in [0.25, 0.3) is 0 Å². The minimum atomic E-state index is 0.617. The molecule has 0 aliphatic heterocycles. The monoisotopic (exact) mass is 228 g/mol. The lowest BCUT2D eigenvalue weighted by molar-refractivity contribution is 1.12. The van der Waals surface area contributed by atoms with Gasteiger partial charge in [0.05, 0.1) is 0 Å². The molecule has 0 fully saturated rings. The van der Waals surface area contributed by atoms with Crippen molar-refractivity contribution in [3.63, 3.8) is 0 Å². The highest BCUT2D eigenvalue weighted by molar-refractivity contribution is 5.62. The first-order valence-corrected chi connectivity index (χ1v) is 5.55. The Hall–Kier alpha value is -2.10. The van der Waals surface area contributed by atoms with Crippen LogP contribution in [0, 0.1) is 13.8 Å². The van der Waals surface area contributed by atoms with Crippen LogP contribution < -0.4 is 10.6 Å². The van der Waals surface area contributed by atoms with Crippen molar-refractivity contribution in [1.29, 1.82) is 0 Å². The summed E-state index contributed by atoms with van der Waals surface area (Å²) >= 11 is 0. The summed E-state index contributed by atoms with van der Waals surface area (Å²) in [5, 5.41) is 6.26. The quantitative estimate of drug-likeness (QED) is 0.848. The van der Waals surface area contributed by atoms with E-state index in [1.165, 1.54) is 5.56 Å². The van der Waals surface area contributed by atoms with E-state index in [4.69, 9.17) is 0 Å². The zero-order chi connectivity index (χ0) is 12.3. The van der Waals surface area contributed by atoms with E-state index < -0.39 is 0 Å². The van der Waals surface area contributed by atoms with Crippen LogP contribution in [0.1, 0.15) is 11.1 Å². The van der Waals surface area contributed by atoms with E-state index in [1.807, 2.05) is 32.2 Å². The number of para-hydroxylation sites is 1. The minimum Gasteiger partial charge on any atom is -0.357 e. The van der Waals surface area contributed by atoms with Gasteiger partial charge in [-0.1, -0.05) is 18.2 Å². The molecule has 0 aliphatic rings. The summed E-state index contributed by atoms with van der Waals surface area (Å²) in [4.78, 5) is 8.55. The third kappa shape index (κ3) is 2.53. The molecule has 0 atom stereocenters. The highest BCUT2D eigenvalue weighted by Gasteiger charge is 2.04. The number of hydrogen-bond acceptors (Lipinski definition) is 4. The number of anilines is 3. The Bertz CT molecular complexity index is 523. The van der Waals surface area contributed by atoms with Gasteiger partial charge in [0, 0.05) is 24.5 Å². The van der Waals surface area contributed by atoms with Crippen LogP contribution in [0.3, 0.4) is 0 Å². The lowest BCUT2D eigenvalue weighted by Gasteiger charge is -2.11. The standard InChI is InChI=1S/C13H16N4/c1-9-6-4-5-7-11(9)16-12-10(2)8-15-13(14-3)17-12/h4-8H,1-3H3,(H2,14,15,16,17). The van der Waals surface area contributed by atoms with E-state index in [1.54, 1.807) is 6.20 Å². The van der Waals surface area contributed by atoms with Crippen molar-refractivity contribution in [1.82, 2.24) is 9.97 Å². The van der Waals surface area contributed by atoms with Crippen LogP contribution >= 0.6 is 0 Å². The molecule has 4 nitrogen and oxygen atoms in total. The van der Waals surface area contributed by atoms with Gasteiger partial charge in [0.15, 0.2) is 0 Å². The van der Waals surface area contributed by atoms with E-state index in [0.29, 0.717) is 5.95 Å². The summed E-state index contributed by atoms with van der Waals surface area (Å²) in [6, 6.07) is 8.13. The van der Waals surface area contributed by atoms with Gasteiger partial charge in [-0.15, -0.1) is 0 Å².